The fourth-order valence-electron chi connectivity index (χ4n) is 0.849. The average Bonchev–Trinajstić information content (AvgIpc) is 2.22. The third-order valence-electron chi connectivity index (χ3n) is 1.78. The van der Waals surface area contributed by atoms with Gasteiger partial charge in [-0.3, -0.25) is 4.79 Å². The Labute approximate surface area is 97.0 Å². The van der Waals surface area contributed by atoms with Gasteiger partial charge in [-0.05, 0) is 6.42 Å². The van der Waals surface area contributed by atoms with Crippen LogP contribution in [-0.4, -0.2) is 21.9 Å². The summed E-state index contributed by atoms with van der Waals surface area (Å²) in [7, 11) is 0. The highest BCUT2D eigenvalue weighted by Crippen LogP contribution is 2.25. The lowest BCUT2D eigenvalue weighted by Gasteiger charge is -2.11. The van der Waals surface area contributed by atoms with E-state index in [0.29, 0.717) is 6.42 Å². The molecule has 1 heterocycles. The van der Waals surface area contributed by atoms with Crippen molar-refractivity contribution in [1.82, 2.24) is 9.97 Å². The molecule has 5 nitrogen and oxygen atoms in total. The van der Waals surface area contributed by atoms with Crippen molar-refractivity contribution in [2.75, 3.05) is 5.32 Å². The van der Waals surface area contributed by atoms with Gasteiger partial charge in [-0.1, -0.05) is 30.1 Å². The zero-order valence-electron chi connectivity index (χ0n) is 8.00. The van der Waals surface area contributed by atoms with E-state index < -0.39 is 6.04 Å². The number of nitrogens with zero attached hydrogens (tertiary/aromatic N) is 2. The maximum Gasteiger partial charge on any atom is 0.241 e. The third kappa shape index (κ3) is 3.02. The van der Waals surface area contributed by atoms with Crippen molar-refractivity contribution >= 4 is 34.8 Å². The molecule has 0 aliphatic carbocycles. The molecule has 3 N–H and O–H groups in total. The van der Waals surface area contributed by atoms with Crippen molar-refractivity contribution in [3.8, 4) is 0 Å². The number of carbonyl (C=O) groups excluding carboxylic acids is 1. The van der Waals surface area contributed by atoms with Gasteiger partial charge in [-0.15, -0.1) is 0 Å². The number of rotatable bonds is 3. The van der Waals surface area contributed by atoms with Crippen molar-refractivity contribution in [3.63, 3.8) is 0 Å². The van der Waals surface area contributed by atoms with E-state index in [4.69, 9.17) is 28.9 Å². The van der Waals surface area contributed by atoms with Crippen LogP contribution in [0.2, 0.25) is 10.3 Å². The third-order valence-corrected chi connectivity index (χ3v) is 2.35. The molecule has 0 radical (unpaired) electrons. The molecule has 0 saturated carbocycles. The number of nitrogens with two attached hydrogens (primary N) is 1. The van der Waals surface area contributed by atoms with Crippen LogP contribution in [-0.2, 0) is 4.79 Å². The summed E-state index contributed by atoms with van der Waals surface area (Å²) >= 11 is 11.5. The number of hydrogen-bond donors (Lipinski definition) is 2. The van der Waals surface area contributed by atoms with Gasteiger partial charge in [0.2, 0.25) is 5.91 Å². The van der Waals surface area contributed by atoms with Gasteiger partial charge >= 0.3 is 0 Å². The molecule has 0 saturated heterocycles. The summed E-state index contributed by atoms with van der Waals surface area (Å²) in [6, 6.07) is -0.600. The van der Waals surface area contributed by atoms with Gasteiger partial charge in [0, 0.05) is 0 Å². The molecule has 1 unspecified atom stereocenters. The highest BCUT2D eigenvalue weighted by Gasteiger charge is 2.15. The molecule has 0 fully saturated rings. The van der Waals surface area contributed by atoms with Gasteiger partial charge < -0.3 is 11.1 Å². The van der Waals surface area contributed by atoms with Gasteiger partial charge in [0.05, 0.1) is 6.04 Å². The number of carbonyl (C=O) groups is 1. The summed E-state index contributed by atoms with van der Waals surface area (Å²) in [6.07, 6.45) is 1.73. The first-order valence-electron chi connectivity index (χ1n) is 4.28. The average molecular weight is 249 g/mol. The van der Waals surface area contributed by atoms with E-state index in [1.54, 1.807) is 6.92 Å². The lowest BCUT2D eigenvalue weighted by Crippen LogP contribution is -2.35. The Balaban J connectivity index is 2.85. The molecule has 82 valence electrons. The Morgan fingerprint density at radius 3 is 2.53 bits per heavy atom. The van der Waals surface area contributed by atoms with E-state index in [1.807, 2.05) is 0 Å². The van der Waals surface area contributed by atoms with Gasteiger partial charge in [-0.2, -0.15) is 0 Å². The molecule has 1 amide bonds. The van der Waals surface area contributed by atoms with Crippen molar-refractivity contribution in [1.29, 1.82) is 0 Å². The second-order valence-corrected chi connectivity index (χ2v) is 3.55. The van der Waals surface area contributed by atoms with Gasteiger partial charge in [0.25, 0.3) is 0 Å². The zero-order chi connectivity index (χ0) is 11.4. The number of anilines is 1. The second-order valence-electron chi connectivity index (χ2n) is 2.83. The number of hydrogen-bond acceptors (Lipinski definition) is 4. The number of amides is 1. The highest BCUT2D eigenvalue weighted by molar-refractivity contribution is 6.38. The minimum atomic E-state index is -0.600. The van der Waals surface area contributed by atoms with Crippen LogP contribution >= 0.6 is 23.2 Å². The van der Waals surface area contributed by atoms with Crippen LogP contribution in [0.3, 0.4) is 0 Å². The number of halogens is 2. The van der Waals surface area contributed by atoms with Crippen LogP contribution in [0.5, 0.6) is 0 Å². The molecule has 0 spiro atoms. The van der Waals surface area contributed by atoms with Crippen molar-refractivity contribution < 1.29 is 4.79 Å². The molecule has 1 atom stereocenters. The van der Waals surface area contributed by atoms with Crippen molar-refractivity contribution in [3.05, 3.63) is 16.6 Å². The van der Waals surface area contributed by atoms with E-state index in [-0.39, 0.29) is 21.9 Å². The summed E-state index contributed by atoms with van der Waals surface area (Å²) in [5.74, 6) is -0.365. The molecule has 1 rings (SSSR count). The van der Waals surface area contributed by atoms with E-state index in [1.165, 1.54) is 6.33 Å². The van der Waals surface area contributed by atoms with Crippen LogP contribution in [0, 0.1) is 0 Å². The molecule has 0 bridgehead atoms. The first kappa shape index (κ1) is 12.2. The Hall–Kier alpha value is -0.910. The molecule has 0 aromatic carbocycles. The smallest absolute Gasteiger partial charge is 0.241 e. The van der Waals surface area contributed by atoms with Crippen LogP contribution in [0.1, 0.15) is 13.3 Å². The number of aromatic nitrogens is 2. The molecule has 15 heavy (non-hydrogen) atoms. The van der Waals surface area contributed by atoms with Crippen LogP contribution in [0.4, 0.5) is 5.69 Å². The minimum Gasteiger partial charge on any atom is -0.320 e. The number of nitrogens with one attached hydrogen (secondary N) is 1. The fourth-order valence-corrected chi connectivity index (χ4v) is 1.26. The standard InChI is InChI=1S/C8H10Cl2N4O/c1-2-4(11)8(15)14-5-6(9)12-3-13-7(5)10/h3-4H,2,11H2,1H3,(H,14,15). The quantitative estimate of drug-likeness (QED) is 0.794. The fraction of sp³-hybridized carbons (Fsp3) is 0.375. The molecule has 7 heteroatoms. The molecule has 1 aromatic rings. The molecule has 0 aliphatic rings. The lowest BCUT2D eigenvalue weighted by molar-refractivity contribution is -0.117. The molecule has 1 aromatic heterocycles. The van der Waals surface area contributed by atoms with E-state index in [2.05, 4.69) is 15.3 Å². The highest BCUT2D eigenvalue weighted by atomic mass is 35.5. The lowest BCUT2D eigenvalue weighted by atomic mass is 10.2. The predicted molar refractivity (Wildman–Crippen MR) is 58.9 cm³/mol. The van der Waals surface area contributed by atoms with Gasteiger partial charge in [-0.25, -0.2) is 9.97 Å². The largest absolute Gasteiger partial charge is 0.320 e. The van der Waals surface area contributed by atoms with Crippen LogP contribution in [0.25, 0.3) is 0 Å². The summed E-state index contributed by atoms with van der Waals surface area (Å²) in [4.78, 5) is 18.8. The van der Waals surface area contributed by atoms with Crippen LogP contribution in [0.15, 0.2) is 6.33 Å². The maximum absolute atomic E-state index is 11.4. The first-order valence-corrected chi connectivity index (χ1v) is 5.04. The SMILES string of the molecule is CCC(N)C(=O)Nc1c(Cl)ncnc1Cl. The Bertz CT molecular complexity index is 351. The summed E-state index contributed by atoms with van der Waals surface area (Å²) in [6.45, 7) is 1.80. The topological polar surface area (TPSA) is 80.9 Å². The summed E-state index contributed by atoms with van der Waals surface area (Å²) in [5, 5.41) is 2.66. The van der Waals surface area contributed by atoms with E-state index in [9.17, 15) is 4.79 Å². The Morgan fingerprint density at radius 1 is 1.53 bits per heavy atom. The summed E-state index contributed by atoms with van der Waals surface area (Å²) in [5.41, 5.74) is 5.72. The monoisotopic (exact) mass is 248 g/mol. The van der Waals surface area contributed by atoms with Gasteiger partial charge in [0.15, 0.2) is 10.3 Å². The second kappa shape index (κ2) is 5.25. The van der Waals surface area contributed by atoms with Crippen molar-refractivity contribution in [2.24, 2.45) is 5.73 Å². The predicted octanol–water partition coefficient (Wildman–Crippen LogP) is 1.46. The molecular formula is C8H10Cl2N4O. The van der Waals surface area contributed by atoms with E-state index in [0.717, 1.165) is 0 Å². The molecular weight excluding hydrogens is 239 g/mol. The minimum absolute atomic E-state index is 0.0895. The van der Waals surface area contributed by atoms with Gasteiger partial charge in [0.1, 0.15) is 12.0 Å². The van der Waals surface area contributed by atoms with E-state index >= 15 is 0 Å². The maximum atomic E-state index is 11.4. The summed E-state index contributed by atoms with van der Waals surface area (Å²) < 4.78 is 0. The first-order chi connectivity index (χ1) is 7.06. The van der Waals surface area contributed by atoms with Crippen LogP contribution < -0.4 is 11.1 Å². The zero-order valence-corrected chi connectivity index (χ0v) is 9.51. The van der Waals surface area contributed by atoms with Crippen molar-refractivity contribution in [2.45, 2.75) is 19.4 Å². The Kier molecular flexibility index (Phi) is 4.26. The normalized spacial score (nSPS) is 12.3. The molecule has 0 aliphatic heterocycles. The Morgan fingerprint density at radius 2 is 2.07 bits per heavy atom.